The van der Waals surface area contributed by atoms with E-state index in [1.807, 2.05) is 0 Å². The molecule has 2 N–H and O–H groups in total. The number of nitrogens with zero attached hydrogens (tertiary/aromatic N) is 1. The van der Waals surface area contributed by atoms with E-state index >= 15 is 0 Å². The molecule has 2 aliphatic rings. The van der Waals surface area contributed by atoms with E-state index in [9.17, 15) is 40.3 Å². The molecule has 2 aromatic carbocycles. The third-order valence-electron chi connectivity index (χ3n) is 7.23. The summed E-state index contributed by atoms with van der Waals surface area (Å²) >= 11 is 0. The molecule has 1 saturated heterocycles. The highest BCUT2D eigenvalue weighted by molar-refractivity contribution is 5.95. The van der Waals surface area contributed by atoms with Crippen LogP contribution in [0.4, 0.5) is 30.7 Å². The summed E-state index contributed by atoms with van der Waals surface area (Å²) in [5.74, 6) is -2.33. The maximum absolute atomic E-state index is 14.7. The Balaban J connectivity index is 1.57. The first-order chi connectivity index (χ1) is 17.7. The molecule has 12 heteroatoms. The van der Waals surface area contributed by atoms with E-state index in [-0.39, 0.29) is 30.9 Å². The zero-order valence-corrected chi connectivity index (χ0v) is 20.3. The number of alkyl halides is 6. The molecule has 1 heterocycles. The summed E-state index contributed by atoms with van der Waals surface area (Å²) in [6.45, 7) is 0.774. The fourth-order valence-corrected chi connectivity index (χ4v) is 4.80. The quantitative estimate of drug-likeness (QED) is 0.506. The molecule has 5 nitrogen and oxygen atoms in total. The van der Waals surface area contributed by atoms with Gasteiger partial charge in [0.2, 0.25) is 11.8 Å². The Morgan fingerprint density at radius 2 is 1.61 bits per heavy atom. The number of halogens is 7. The molecule has 0 radical (unpaired) electrons. The zero-order valence-electron chi connectivity index (χ0n) is 20.3. The van der Waals surface area contributed by atoms with Crippen molar-refractivity contribution >= 4 is 11.8 Å². The van der Waals surface area contributed by atoms with E-state index < -0.39 is 52.6 Å². The number of likely N-dealkylation sites (tertiary alicyclic amines) is 1. The Morgan fingerprint density at radius 1 is 1.00 bits per heavy atom. The van der Waals surface area contributed by atoms with Gasteiger partial charge in [-0.05, 0) is 56.1 Å². The first-order valence-corrected chi connectivity index (χ1v) is 12.0. The van der Waals surface area contributed by atoms with Gasteiger partial charge in [0.1, 0.15) is 11.9 Å². The largest absolute Gasteiger partial charge is 0.416 e. The number of likely N-dealkylation sites (N-methyl/N-ethyl adjacent to an activating group) is 1. The average molecular weight is 545 g/mol. The first kappa shape index (κ1) is 27.9. The van der Waals surface area contributed by atoms with E-state index in [1.54, 1.807) is 7.05 Å². The fraction of sp³-hybridized carbons (Fsp3) is 0.462. The van der Waals surface area contributed by atoms with E-state index in [4.69, 9.17) is 0 Å². The van der Waals surface area contributed by atoms with Crippen molar-refractivity contribution in [2.45, 2.75) is 55.5 Å². The van der Waals surface area contributed by atoms with Crippen LogP contribution in [0.1, 0.15) is 41.5 Å². The molecular weight excluding hydrogens is 519 g/mol. The average Bonchev–Trinajstić information content (AvgIpc) is 3.51. The second kappa shape index (κ2) is 10.2. The number of amides is 2. The van der Waals surface area contributed by atoms with Gasteiger partial charge in [0.25, 0.3) is 0 Å². The molecule has 2 aromatic rings. The predicted molar refractivity (Wildman–Crippen MR) is 123 cm³/mol. The van der Waals surface area contributed by atoms with Crippen LogP contribution < -0.4 is 10.6 Å². The summed E-state index contributed by atoms with van der Waals surface area (Å²) < 4.78 is 92.5. The smallest absolute Gasteiger partial charge is 0.343 e. The van der Waals surface area contributed by atoms with Crippen molar-refractivity contribution in [2.24, 2.45) is 0 Å². The van der Waals surface area contributed by atoms with Crippen molar-refractivity contribution in [1.82, 2.24) is 15.5 Å². The molecule has 4 rings (SSSR count). The molecule has 0 aromatic heterocycles. The highest BCUT2D eigenvalue weighted by atomic mass is 19.4. The maximum atomic E-state index is 14.7. The van der Waals surface area contributed by atoms with Gasteiger partial charge in [0.05, 0.1) is 16.5 Å². The molecule has 1 saturated carbocycles. The summed E-state index contributed by atoms with van der Waals surface area (Å²) in [6, 6.07) is 5.07. The minimum Gasteiger partial charge on any atom is -0.343 e. The van der Waals surface area contributed by atoms with Crippen LogP contribution >= 0.6 is 0 Å². The molecular formula is C26H26F7N3O2. The Labute approximate surface area is 214 Å². The molecule has 2 fully saturated rings. The lowest BCUT2D eigenvalue weighted by Gasteiger charge is -2.27. The monoisotopic (exact) mass is 545 g/mol. The molecule has 1 aliphatic heterocycles. The summed E-state index contributed by atoms with van der Waals surface area (Å²) in [4.78, 5) is 28.3. The van der Waals surface area contributed by atoms with Gasteiger partial charge in [-0.2, -0.15) is 26.3 Å². The van der Waals surface area contributed by atoms with Crippen molar-refractivity contribution < 1.29 is 40.3 Å². The van der Waals surface area contributed by atoms with Crippen LogP contribution in [0, 0.1) is 5.82 Å². The van der Waals surface area contributed by atoms with Crippen molar-refractivity contribution in [3.8, 4) is 0 Å². The Kier molecular flexibility index (Phi) is 7.48. The second-order valence-electron chi connectivity index (χ2n) is 9.76. The molecule has 0 unspecified atom stereocenters. The molecule has 0 spiro atoms. The predicted octanol–water partition coefficient (Wildman–Crippen LogP) is 4.44. The zero-order chi connectivity index (χ0) is 27.9. The SMILES string of the molecule is CN[C@@H]1CCN(C(=O)[C@H](Cc2ccc(C(F)(F)F)cc2)NC(=O)C2(c3ccc(C(F)(F)F)cc3F)CC2)C1. The van der Waals surface area contributed by atoms with Crippen LogP contribution in [0.3, 0.4) is 0 Å². The van der Waals surface area contributed by atoms with Gasteiger partial charge in [0.15, 0.2) is 0 Å². The number of nitrogens with one attached hydrogen (secondary N) is 2. The van der Waals surface area contributed by atoms with Gasteiger partial charge in [0, 0.05) is 31.1 Å². The van der Waals surface area contributed by atoms with Crippen LogP contribution in [0.2, 0.25) is 0 Å². The fourth-order valence-electron chi connectivity index (χ4n) is 4.80. The molecule has 206 valence electrons. The van der Waals surface area contributed by atoms with Crippen LogP contribution in [0.15, 0.2) is 42.5 Å². The number of hydrogen-bond acceptors (Lipinski definition) is 3. The van der Waals surface area contributed by atoms with Gasteiger partial charge in [-0.25, -0.2) is 4.39 Å². The highest BCUT2D eigenvalue weighted by Crippen LogP contribution is 2.50. The number of benzene rings is 2. The molecule has 2 amide bonds. The van der Waals surface area contributed by atoms with Crippen LogP contribution in [0.25, 0.3) is 0 Å². The van der Waals surface area contributed by atoms with Gasteiger partial charge in [-0.15, -0.1) is 0 Å². The molecule has 38 heavy (non-hydrogen) atoms. The Morgan fingerprint density at radius 3 is 2.11 bits per heavy atom. The Hall–Kier alpha value is -3.15. The van der Waals surface area contributed by atoms with Crippen LogP contribution in [-0.2, 0) is 33.8 Å². The lowest BCUT2D eigenvalue weighted by atomic mass is 9.92. The first-order valence-electron chi connectivity index (χ1n) is 12.0. The van der Waals surface area contributed by atoms with Crippen LogP contribution in [0.5, 0.6) is 0 Å². The van der Waals surface area contributed by atoms with Gasteiger partial charge in [-0.3, -0.25) is 9.59 Å². The molecule has 1 aliphatic carbocycles. The van der Waals surface area contributed by atoms with E-state index in [1.165, 1.54) is 17.0 Å². The number of carbonyl (C=O) groups excluding carboxylic acids is 2. The third-order valence-corrected chi connectivity index (χ3v) is 7.23. The lowest BCUT2D eigenvalue weighted by molar-refractivity contribution is -0.138. The van der Waals surface area contributed by atoms with Gasteiger partial charge < -0.3 is 15.5 Å². The topological polar surface area (TPSA) is 61.4 Å². The Bertz CT molecular complexity index is 1190. The molecule has 0 bridgehead atoms. The number of hydrogen-bond donors (Lipinski definition) is 2. The van der Waals surface area contributed by atoms with Crippen LogP contribution in [-0.4, -0.2) is 48.9 Å². The normalized spacial score (nSPS) is 19.8. The number of rotatable bonds is 7. The van der Waals surface area contributed by atoms with Crippen molar-refractivity contribution in [3.05, 3.63) is 70.5 Å². The summed E-state index contributed by atoms with van der Waals surface area (Å²) in [7, 11) is 1.75. The van der Waals surface area contributed by atoms with Gasteiger partial charge in [-0.1, -0.05) is 18.2 Å². The summed E-state index contributed by atoms with van der Waals surface area (Å²) in [6.07, 6.45) is -8.39. The lowest BCUT2D eigenvalue weighted by Crippen LogP contribution is -2.52. The summed E-state index contributed by atoms with van der Waals surface area (Å²) in [5.41, 5.74) is -3.30. The van der Waals surface area contributed by atoms with Crippen molar-refractivity contribution in [2.75, 3.05) is 20.1 Å². The van der Waals surface area contributed by atoms with Gasteiger partial charge >= 0.3 is 12.4 Å². The minimum atomic E-state index is -4.75. The van der Waals surface area contributed by atoms with E-state index in [0.717, 1.165) is 18.2 Å². The summed E-state index contributed by atoms with van der Waals surface area (Å²) in [5, 5.41) is 5.70. The molecule has 2 atom stereocenters. The van der Waals surface area contributed by atoms with E-state index in [2.05, 4.69) is 10.6 Å². The standard InChI is InChI=1S/C26H26F7N3O2/c1-34-18-8-11-36(14-18)22(37)21(12-15-2-4-16(5-3-15)25(28,29)30)35-23(38)24(9-10-24)19-7-6-17(13-20(19)27)26(31,32)33/h2-7,13,18,21,34H,8-12,14H2,1H3,(H,35,38)/t18-,21+/m1/s1. The maximum Gasteiger partial charge on any atom is 0.416 e. The number of carbonyl (C=O) groups is 2. The van der Waals surface area contributed by atoms with E-state index in [0.29, 0.717) is 37.2 Å². The highest BCUT2D eigenvalue weighted by Gasteiger charge is 2.54. The third kappa shape index (κ3) is 5.79. The van der Waals surface area contributed by atoms with Crippen molar-refractivity contribution in [3.63, 3.8) is 0 Å². The second-order valence-corrected chi connectivity index (χ2v) is 9.76. The minimum absolute atomic E-state index is 0.0392. The van der Waals surface area contributed by atoms with Crippen molar-refractivity contribution in [1.29, 1.82) is 0 Å².